The average Bonchev–Trinajstić information content (AvgIpc) is 3.40. The number of fused-ring (bicyclic) bond motifs is 1. The Morgan fingerprint density at radius 1 is 0.711 bits per heavy atom. The van der Waals surface area contributed by atoms with Gasteiger partial charge in [0.1, 0.15) is 17.7 Å². The lowest BCUT2D eigenvalue weighted by atomic mass is 9.44. The number of nitrogens with zero attached hydrogens (tertiary/aromatic N) is 2. The van der Waals surface area contributed by atoms with E-state index < -0.39 is 0 Å². The molecule has 5 aliphatic heterocycles. The lowest BCUT2D eigenvalue weighted by molar-refractivity contribution is -0.127. The van der Waals surface area contributed by atoms with E-state index in [9.17, 15) is 0 Å². The molecule has 7 nitrogen and oxygen atoms in total. The third-order valence-electron chi connectivity index (χ3n) is 13.4. The van der Waals surface area contributed by atoms with E-state index in [-0.39, 0.29) is 6.10 Å². The summed E-state index contributed by atoms with van der Waals surface area (Å²) in [7, 11) is 0. The van der Waals surface area contributed by atoms with Gasteiger partial charge in [0.25, 0.3) is 0 Å². The van der Waals surface area contributed by atoms with Crippen LogP contribution in [0.1, 0.15) is 91.4 Å². The Hall–Kier alpha value is -2.54. The van der Waals surface area contributed by atoms with Crippen molar-refractivity contribution < 1.29 is 9.47 Å². The normalized spacial score (nSPS) is 39.0. The molecule has 3 N–H and O–H groups in total. The highest BCUT2D eigenvalue weighted by atomic mass is 16.5. The molecular weight excluding hydrogens is 558 g/mol. The van der Waals surface area contributed by atoms with Gasteiger partial charge in [0.2, 0.25) is 11.8 Å². The van der Waals surface area contributed by atoms with Gasteiger partial charge in [-0.05, 0) is 129 Å². The highest BCUT2D eigenvalue weighted by Gasteiger charge is 2.60. The van der Waals surface area contributed by atoms with Gasteiger partial charge in [0, 0.05) is 38.3 Å². The lowest BCUT2D eigenvalue weighted by Crippen LogP contribution is -2.54. The Labute approximate surface area is 271 Å². The third-order valence-corrected chi connectivity index (χ3v) is 13.4. The summed E-state index contributed by atoms with van der Waals surface area (Å²) in [5.74, 6) is 8.34. The Morgan fingerprint density at radius 2 is 1.40 bits per heavy atom. The molecule has 0 radical (unpaired) electrons. The first-order valence-electron chi connectivity index (χ1n) is 18.3. The van der Waals surface area contributed by atoms with Crippen LogP contribution in [0.15, 0.2) is 36.4 Å². The van der Waals surface area contributed by atoms with E-state index in [2.05, 4.69) is 42.8 Å². The second-order valence-corrected chi connectivity index (χ2v) is 15.7. The van der Waals surface area contributed by atoms with Crippen LogP contribution in [0.3, 0.4) is 0 Å². The highest BCUT2D eigenvalue weighted by Crippen LogP contribution is 2.68. The van der Waals surface area contributed by atoms with Crippen molar-refractivity contribution in [3.63, 3.8) is 0 Å². The van der Waals surface area contributed by atoms with Gasteiger partial charge in [0.05, 0.1) is 6.61 Å². The molecule has 4 aliphatic carbocycles. The standard InChI is InChI=1S/C38H57N5O2/c1-26-7-6-24-44-35-10-4-8-33(42-35)40-22-20-39-21-23-41-34-9-5-11-36(43-34)45-28-16-18-37(2)27(25-28)12-13-29-31-15-14-30(26)38(31,3)19-17-32(29)37/h4-5,8-11,26-32,39H,6-7,12-25H2,1-3H3,(H,40,42)(H,41,43)/t26-,27-,28+,29+,30-,31+,32+,37+,38-/m1/s1. The zero-order valence-corrected chi connectivity index (χ0v) is 28.0. The summed E-state index contributed by atoms with van der Waals surface area (Å²) in [5, 5.41) is 10.4. The second kappa shape index (κ2) is 13.3. The maximum absolute atomic E-state index is 6.60. The number of hydrogen-bond donors (Lipinski definition) is 3. The topological polar surface area (TPSA) is 80.3 Å². The molecule has 4 saturated carbocycles. The van der Waals surface area contributed by atoms with Crippen molar-refractivity contribution in [2.75, 3.05) is 43.4 Å². The minimum absolute atomic E-state index is 0.285. The number of pyridine rings is 2. The zero-order valence-electron chi connectivity index (χ0n) is 28.0. The van der Waals surface area contributed by atoms with Crippen molar-refractivity contribution in [2.24, 2.45) is 46.3 Å². The summed E-state index contributed by atoms with van der Waals surface area (Å²) in [6, 6.07) is 12.2. The van der Waals surface area contributed by atoms with Gasteiger partial charge in [-0.1, -0.05) is 32.9 Å². The fourth-order valence-corrected chi connectivity index (χ4v) is 11.1. The monoisotopic (exact) mass is 615 g/mol. The summed E-state index contributed by atoms with van der Waals surface area (Å²) in [5.41, 5.74) is 0.979. The molecule has 11 rings (SSSR count). The molecule has 9 aliphatic rings. The molecule has 0 unspecified atom stereocenters. The van der Waals surface area contributed by atoms with Gasteiger partial charge in [-0.25, -0.2) is 0 Å². The molecule has 0 amide bonds. The first kappa shape index (κ1) is 31.1. The van der Waals surface area contributed by atoms with Crippen LogP contribution in [0, 0.1) is 46.3 Å². The molecule has 7 heterocycles. The Morgan fingerprint density at radius 3 is 2.20 bits per heavy atom. The summed E-state index contributed by atoms with van der Waals surface area (Å²) in [6.07, 6.45) is 14.8. The van der Waals surface area contributed by atoms with Crippen molar-refractivity contribution in [1.29, 1.82) is 0 Å². The summed E-state index contributed by atoms with van der Waals surface area (Å²) >= 11 is 0. The van der Waals surface area contributed by atoms with Crippen molar-refractivity contribution in [2.45, 2.75) is 97.5 Å². The van der Waals surface area contributed by atoms with Gasteiger partial charge < -0.3 is 25.4 Å². The van der Waals surface area contributed by atoms with Crippen molar-refractivity contribution >= 4 is 11.6 Å². The summed E-state index contributed by atoms with van der Waals surface area (Å²) in [4.78, 5) is 9.53. The van der Waals surface area contributed by atoms with E-state index >= 15 is 0 Å². The van der Waals surface area contributed by atoms with Crippen LogP contribution in [0.5, 0.6) is 11.8 Å². The predicted molar refractivity (Wildman–Crippen MR) is 182 cm³/mol. The molecule has 0 spiro atoms. The zero-order chi connectivity index (χ0) is 30.9. The molecule has 4 fully saturated rings. The van der Waals surface area contributed by atoms with E-state index in [0.717, 1.165) is 105 Å². The number of anilines is 2. The Balaban J connectivity index is 1.06. The molecule has 0 aromatic carbocycles. The maximum atomic E-state index is 6.60. The molecule has 12 bridgehead atoms. The Kier molecular flexibility index (Phi) is 9.18. The minimum atomic E-state index is 0.285. The molecule has 2 aromatic rings. The van der Waals surface area contributed by atoms with Gasteiger partial charge in [-0.3, -0.25) is 0 Å². The van der Waals surface area contributed by atoms with Crippen LogP contribution < -0.4 is 25.4 Å². The highest BCUT2D eigenvalue weighted by molar-refractivity contribution is 5.38. The third kappa shape index (κ3) is 6.40. The minimum Gasteiger partial charge on any atom is -0.478 e. The molecule has 2 aromatic heterocycles. The molecular formula is C38H57N5O2. The van der Waals surface area contributed by atoms with Crippen LogP contribution in [-0.2, 0) is 0 Å². The summed E-state index contributed by atoms with van der Waals surface area (Å²) < 4.78 is 12.7. The number of rotatable bonds is 0. The van der Waals surface area contributed by atoms with Crippen LogP contribution in [0.25, 0.3) is 0 Å². The van der Waals surface area contributed by atoms with Gasteiger partial charge >= 0.3 is 0 Å². The van der Waals surface area contributed by atoms with E-state index in [1.165, 1.54) is 57.8 Å². The van der Waals surface area contributed by atoms with Gasteiger partial charge in [0.15, 0.2) is 0 Å². The van der Waals surface area contributed by atoms with Gasteiger partial charge in [-0.2, -0.15) is 9.97 Å². The van der Waals surface area contributed by atoms with Crippen molar-refractivity contribution in [1.82, 2.24) is 15.3 Å². The van der Waals surface area contributed by atoms with E-state index in [1.807, 2.05) is 30.3 Å². The SMILES string of the molecule is C[C@@H]1CCCOc2cccc(n2)NCCNCCNc2cccc(n2)O[C@H]2CC[C@@]3(C)[C@H](CC[C@@H]4[C@@H]3CC[C@]3(C)[C@@H]1CC[C@@H]43)C2. The van der Waals surface area contributed by atoms with Crippen LogP contribution in [-0.4, -0.2) is 48.9 Å². The molecule has 0 saturated heterocycles. The number of hydrogen-bond acceptors (Lipinski definition) is 7. The largest absolute Gasteiger partial charge is 0.478 e. The predicted octanol–water partition coefficient (Wildman–Crippen LogP) is 7.81. The lowest BCUT2D eigenvalue weighted by Gasteiger charge is -2.61. The van der Waals surface area contributed by atoms with Crippen molar-refractivity contribution in [3.8, 4) is 11.8 Å². The molecule has 246 valence electrons. The number of ether oxygens (including phenoxy) is 2. The molecule has 7 heteroatoms. The van der Waals surface area contributed by atoms with E-state index in [4.69, 9.17) is 19.4 Å². The quantitative estimate of drug-likeness (QED) is 0.279. The first-order chi connectivity index (χ1) is 21.9. The van der Waals surface area contributed by atoms with Crippen LogP contribution >= 0.6 is 0 Å². The first-order valence-corrected chi connectivity index (χ1v) is 18.3. The number of aromatic nitrogens is 2. The van der Waals surface area contributed by atoms with Crippen LogP contribution in [0.2, 0.25) is 0 Å². The average molecular weight is 616 g/mol. The van der Waals surface area contributed by atoms with Gasteiger partial charge in [-0.15, -0.1) is 0 Å². The fraction of sp³-hybridized carbons (Fsp3) is 0.737. The van der Waals surface area contributed by atoms with Crippen molar-refractivity contribution in [3.05, 3.63) is 36.4 Å². The second-order valence-electron chi connectivity index (χ2n) is 15.7. The van der Waals surface area contributed by atoms with Crippen LogP contribution in [0.4, 0.5) is 11.6 Å². The maximum Gasteiger partial charge on any atom is 0.215 e. The smallest absolute Gasteiger partial charge is 0.215 e. The molecule has 9 atom stereocenters. The summed E-state index contributed by atoms with van der Waals surface area (Å²) in [6.45, 7) is 12.0. The van der Waals surface area contributed by atoms with E-state index in [1.54, 1.807) is 0 Å². The molecule has 45 heavy (non-hydrogen) atoms. The fourth-order valence-electron chi connectivity index (χ4n) is 11.1. The Bertz CT molecular complexity index is 1290. The number of nitrogens with one attached hydrogen (secondary N) is 3. The van der Waals surface area contributed by atoms with E-state index in [0.29, 0.717) is 10.8 Å².